The molecule has 0 aromatic heterocycles. The Kier molecular flexibility index (Phi) is 6.17. The topological polar surface area (TPSA) is 113 Å². The largest absolute Gasteiger partial charge is 0.478 e. The van der Waals surface area contributed by atoms with Gasteiger partial charge in [0.25, 0.3) is 11.8 Å². The molecule has 1 aliphatic heterocycles. The molecular formula is C18H22N2O7. The Labute approximate surface area is 156 Å². The quantitative estimate of drug-likeness (QED) is 0.740. The molecule has 9 nitrogen and oxygen atoms in total. The van der Waals surface area contributed by atoms with E-state index < -0.39 is 30.1 Å². The summed E-state index contributed by atoms with van der Waals surface area (Å²) >= 11 is 0. The van der Waals surface area contributed by atoms with Crippen molar-refractivity contribution in [1.29, 1.82) is 0 Å². The Morgan fingerprint density at radius 3 is 2.56 bits per heavy atom. The van der Waals surface area contributed by atoms with Crippen molar-refractivity contribution >= 4 is 29.4 Å². The second-order valence-corrected chi connectivity index (χ2v) is 6.30. The molecule has 1 fully saturated rings. The number of carboxylic acid groups (broad SMARTS) is 1. The van der Waals surface area contributed by atoms with Gasteiger partial charge in [-0.25, -0.2) is 4.79 Å². The van der Waals surface area contributed by atoms with E-state index >= 15 is 0 Å². The van der Waals surface area contributed by atoms with Crippen LogP contribution in [0.5, 0.6) is 0 Å². The van der Waals surface area contributed by atoms with Crippen LogP contribution < -0.4 is 4.90 Å². The number of carbonyl (C=O) groups is 4. The summed E-state index contributed by atoms with van der Waals surface area (Å²) in [5, 5.41) is 9.30. The highest BCUT2D eigenvalue weighted by atomic mass is 16.6. The number of nitrogens with zero attached hydrogens (tertiary/aromatic N) is 2. The van der Waals surface area contributed by atoms with Crippen molar-refractivity contribution < 1.29 is 33.8 Å². The third kappa shape index (κ3) is 4.25. The zero-order valence-electron chi connectivity index (χ0n) is 15.6. The monoisotopic (exact) mass is 378 g/mol. The minimum atomic E-state index is -1.75. The summed E-state index contributed by atoms with van der Waals surface area (Å²) in [5.74, 6) is -3.16. The van der Waals surface area contributed by atoms with Gasteiger partial charge in [0.15, 0.2) is 6.10 Å². The highest BCUT2D eigenvalue weighted by Gasteiger charge is 2.43. The molecule has 2 amide bonds. The van der Waals surface area contributed by atoms with Crippen molar-refractivity contribution in [2.24, 2.45) is 0 Å². The summed E-state index contributed by atoms with van der Waals surface area (Å²) in [6.07, 6.45) is -3.21. The molecule has 0 aliphatic carbocycles. The third-order valence-electron chi connectivity index (χ3n) is 4.17. The van der Waals surface area contributed by atoms with Crippen LogP contribution in [0.2, 0.25) is 0 Å². The van der Waals surface area contributed by atoms with Crippen LogP contribution in [0.4, 0.5) is 5.69 Å². The Hall–Kier alpha value is -2.94. The van der Waals surface area contributed by atoms with Crippen LogP contribution in [-0.4, -0.2) is 73.2 Å². The third-order valence-corrected chi connectivity index (χ3v) is 4.17. The van der Waals surface area contributed by atoms with Crippen LogP contribution in [0.1, 0.15) is 22.8 Å². The smallest absolute Gasteiger partial charge is 0.348 e. The molecule has 1 heterocycles. The molecule has 0 bridgehead atoms. The molecule has 0 spiro atoms. The number of hydrogen-bond acceptors (Lipinski definition) is 6. The average Bonchev–Trinajstić information content (AvgIpc) is 2.59. The Morgan fingerprint density at radius 2 is 2.00 bits per heavy atom. The van der Waals surface area contributed by atoms with Gasteiger partial charge >= 0.3 is 11.9 Å². The maximum atomic E-state index is 12.9. The molecule has 9 heteroatoms. The van der Waals surface area contributed by atoms with Crippen molar-refractivity contribution in [3.8, 4) is 0 Å². The van der Waals surface area contributed by atoms with Crippen LogP contribution in [0.15, 0.2) is 18.2 Å². The number of ether oxygens (including phenoxy) is 2. The van der Waals surface area contributed by atoms with E-state index in [1.165, 1.54) is 9.80 Å². The number of amides is 2. The number of carbonyl (C=O) groups excluding carboxylic acids is 3. The fourth-order valence-corrected chi connectivity index (χ4v) is 2.87. The predicted molar refractivity (Wildman–Crippen MR) is 94.5 cm³/mol. The second-order valence-electron chi connectivity index (χ2n) is 6.30. The lowest BCUT2D eigenvalue weighted by atomic mass is 10.0. The molecule has 2 rings (SSSR count). The molecule has 0 radical (unpaired) electrons. The maximum Gasteiger partial charge on any atom is 0.348 e. The minimum Gasteiger partial charge on any atom is -0.478 e. The van der Waals surface area contributed by atoms with Crippen LogP contribution in [-0.2, 0) is 23.9 Å². The van der Waals surface area contributed by atoms with E-state index in [1.807, 2.05) is 0 Å². The summed E-state index contributed by atoms with van der Waals surface area (Å²) in [7, 11) is 3.25. The van der Waals surface area contributed by atoms with E-state index in [2.05, 4.69) is 0 Å². The first-order valence-electron chi connectivity index (χ1n) is 8.29. The van der Waals surface area contributed by atoms with Gasteiger partial charge in [-0.15, -0.1) is 0 Å². The molecule has 1 saturated heterocycles. The molecule has 1 aromatic carbocycles. The maximum absolute atomic E-state index is 12.9. The summed E-state index contributed by atoms with van der Waals surface area (Å²) in [5.41, 5.74) is 1.50. The van der Waals surface area contributed by atoms with Gasteiger partial charge in [-0.05, 0) is 24.6 Å². The van der Waals surface area contributed by atoms with Gasteiger partial charge in [0.2, 0.25) is 6.10 Å². The highest BCUT2D eigenvalue weighted by molar-refractivity contribution is 6.03. The predicted octanol–water partition coefficient (Wildman–Crippen LogP) is 0.445. The lowest BCUT2D eigenvalue weighted by molar-refractivity contribution is -0.177. The Bertz CT molecular complexity index is 775. The molecule has 2 atom stereocenters. The van der Waals surface area contributed by atoms with Crippen molar-refractivity contribution in [2.75, 3.05) is 32.1 Å². The number of morpholine rings is 1. The van der Waals surface area contributed by atoms with Crippen molar-refractivity contribution in [1.82, 2.24) is 4.90 Å². The van der Waals surface area contributed by atoms with Gasteiger partial charge in [0.1, 0.15) is 0 Å². The Morgan fingerprint density at radius 1 is 1.33 bits per heavy atom. The standard InChI is InChI=1S/C18H22N2O7/c1-10-12(16(22)19(3)4)6-5-7-13(10)20-8-9-26-14(17(20)23)15(18(24)25)27-11(2)21/h5-7,14-15H,8-9H2,1-4H3,(H,24,25). The number of carboxylic acids is 1. The summed E-state index contributed by atoms with van der Waals surface area (Å²) in [6, 6.07) is 4.98. The van der Waals surface area contributed by atoms with E-state index in [0.717, 1.165) is 6.92 Å². The van der Waals surface area contributed by atoms with Crippen molar-refractivity contribution in [2.45, 2.75) is 26.1 Å². The number of benzene rings is 1. The first-order chi connectivity index (χ1) is 12.6. The molecular weight excluding hydrogens is 356 g/mol. The number of esters is 1. The zero-order valence-corrected chi connectivity index (χ0v) is 15.6. The number of aliphatic carboxylic acids is 1. The average molecular weight is 378 g/mol. The highest BCUT2D eigenvalue weighted by Crippen LogP contribution is 2.27. The SMILES string of the molecule is CC(=O)OC(C(=O)O)C1OCCN(c2cccc(C(=O)N(C)C)c2C)C1=O. The van der Waals surface area contributed by atoms with Gasteiger partial charge in [0.05, 0.1) is 6.61 Å². The van der Waals surface area contributed by atoms with Gasteiger partial charge in [-0.3, -0.25) is 14.4 Å². The molecule has 146 valence electrons. The van der Waals surface area contributed by atoms with Gasteiger partial charge in [-0.1, -0.05) is 6.07 Å². The molecule has 27 heavy (non-hydrogen) atoms. The molecule has 1 N–H and O–H groups in total. The van der Waals surface area contributed by atoms with E-state index in [9.17, 15) is 24.3 Å². The van der Waals surface area contributed by atoms with Gasteiger partial charge < -0.3 is 24.4 Å². The number of rotatable bonds is 5. The molecule has 1 aliphatic rings. The van der Waals surface area contributed by atoms with Gasteiger partial charge in [0, 0.05) is 38.8 Å². The van der Waals surface area contributed by atoms with Crippen molar-refractivity contribution in [3.63, 3.8) is 0 Å². The van der Waals surface area contributed by atoms with Gasteiger partial charge in [-0.2, -0.15) is 0 Å². The lowest BCUT2D eigenvalue weighted by Crippen LogP contribution is -2.55. The summed E-state index contributed by atoms with van der Waals surface area (Å²) < 4.78 is 10.1. The van der Waals surface area contributed by atoms with Crippen LogP contribution >= 0.6 is 0 Å². The first-order valence-corrected chi connectivity index (χ1v) is 8.29. The molecule has 1 aromatic rings. The summed E-state index contributed by atoms with van der Waals surface area (Å²) in [6.45, 7) is 3.01. The van der Waals surface area contributed by atoms with E-state index in [4.69, 9.17) is 9.47 Å². The van der Waals surface area contributed by atoms with E-state index in [0.29, 0.717) is 16.8 Å². The minimum absolute atomic E-state index is 0.0622. The number of hydrogen-bond donors (Lipinski definition) is 1. The number of anilines is 1. The fourth-order valence-electron chi connectivity index (χ4n) is 2.87. The molecule has 2 unspecified atom stereocenters. The van der Waals surface area contributed by atoms with Crippen LogP contribution in [0.25, 0.3) is 0 Å². The Balaban J connectivity index is 2.38. The van der Waals surface area contributed by atoms with Crippen LogP contribution in [0, 0.1) is 6.92 Å². The first kappa shape index (κ1) is 20.4. The van der Waals surface area contributed by atoms with E-state index in [-0.39, 0.29) is 19.1 Å². The van der Waals surface area contributed by atoms with Crippen molar-refractivity contribution in [3.05, 3.63) is 29.3 Å². The van der Waals surface area contributed by atoms with E-state index in [1.54, 1.807) is 39.2 Å². The molecule has 0 saturated carbocycles. The fraction of sp³-hybridized carbons (Fsp3) is 0.444. The summed E-state index contributed by atoms with van der Waals surface area (Å²) in [4.78, 5) is 50.6. The zero-order chi connectivity index (χ0) is 20.3. The normalized spacial score (nSPS) is 18.0. The van der Waals surface area contributed by atoms with Crippen LogP contribution in [0.3, 0.4) is 0 Å². The lowest BCUT2D eigenvalue weighted by Gasteiger charge is -2.35. The second kappa shape index (κ2) is 8.17.